The monoisotopic (exact) mass is 540 g/mol. The first kappa shape index (κ1) is 29.9. The Morgan fingerprint density at radius 3 is 2.41 bits per heavy atom. The molecule has 0 bridgehead atoms. The second kappa shape index (κ2) is 14.0. The second-order valence-electron chi connectivity index (χ2n) is 10.4. The first-order valence-electron chi connectivity index (χ1n) is 13.1. The fraction of sp³-hybridized carbons (Fsp3) is 0.448. The molecule has 0 spiro atoms. The van der Waals surface area contributed by atoms with Crippen molar-refractivity contribution in [3.63, 3.8) is 0 Å². The van der Waals surface area contributed by atoms with E-state index in [1.807, 2.05) is 13.0 Å². The third-order valence-electron chi connectivity index (χ3n) is 6.05. The van der Waals surface area contributed by atoms with Gasteiger partial charge in [-0.15, -0.1) is 0 Å². The lowest BCUT2D eigenvalue weighted by atomic mass is 9.92. The topological polar surface area (TPSA) is 134 Å². The number of nitrogens with zero attached hydrogens (tertiary/aromatic N) is 1. The Hall–Kier alpha value is -3.60. The van der Waals surface area contributed by atoms with Gasteiger partial charge in [-0.3, -0.25) is 4.98 Å². The van der Waals surface area contributed by atoms with Crippen LogP contribution in [0.15, 0.2) is 48.7 Å². The molecule has 10 heteroatoms. The Morgan fingerprint density at radius 2 is 1.77 bits per heavy atom. The smallest absolute Gasteiger partial charge is 0.319 e. The quantitative estimate of drug-likeness (QED) is 0.156. The molecule has 1 aromatic heterocycles. The van der Waals surface area contributed by atoms with Gasteiger partial charge in [0.25, 0.3) is 0 Å². The van der Waals surface area contributed by atoms with Gasteiger partial charge in [-0.2, -0.15) is 0 Å². The highest BCUT2D eigenvalue weighted by molar-refractivity contribution is 5.89. The van der Waals surface area contributed by atoms with Crippen molar-refractivity contribution in [3.05, 3.63) is 48.7 Å². The number of aliphatic hydroxyl groups is 2. The lowest BCUT2D eigenvalue weighted by Gasteiger charge is -2.19. The first-order chi connectivity index (χ1) is 18.6. The molecule has 1 atom stereocenters. The number of fused-ring (bicyclic) bond motifs is 1. The van der Waals surface area contributed by atoms with Gasteiger partial charge in [0.15, 0.2) is 17.8 Å². The Labute approximate surface area is 229 Å². The van der Waals surface area contributed by atoms with Crippen molar-refractivity contribution in [2.24, 2.45) is 5.41 Å². The molecule has 0 saturated heterocycles. The fourth-order valence-electron chi connectivity index (χ4n) is 3.82. The van der Waals surface area contributed by atoms with Gasteiger partial charge in [-0.1, -0.05) is 27.7 Å². The van der Waals surface area contributed by atoms with Crippen LogP contribution >= 0.6 is 0 Å². The summed E-state index contributed by atoms with van der Waals surface area (Å²) in [6.45, 7) is 9.61. The molecule has 0 aliphatic carbocycles. The van der Waals surface area contributed by atoms with E-state index in [-0.39, 0.29) is 11.4 Å². The molecule has 5 N–H and O–H groups in total. The van der Waals surface area contributed by atoms with E-state index in [1.54, 1.807) is 49.7 Å². The average molecular weight is 541 g/mol. The van der Waals surface area contributed by atoms with Crippen LogP contribution in [0.4, 0.5) is 10.5 Å². The number of anilines is 1. The highest BCUT2D eigenvalue weighted by Crippen LogP contribution is 2.37. The van der Waals surface area contributed by atoms with Crippen LogP contribution in [-0.2, 0) is 0 Å². The predicted octanol–water partition coefficient (Wildman–Crippen LogP) is 4.65. The molecule has 3 aromatic rings. The van der Waals surface area contributed by atoms with Gasteiger partial charge in [0.2, 0.25) is 0 Å². The maximum Gasteiger partial charge on any atom is 0.319 e. The number of hydrogen-bond donors (Lipinski definition) is 5. The van der Waals surface area contributed by atoms with Crippen molar-refractivity contribution in [2.75, 3.05) is 32.1 Å². The Kier molecular flexibility index (Phi) is 10.7. The molecule has 3 rings (SSSR count). The second-order valence-corrected chi connectivity index (χ2v) is 10.4. The number of aromatic nitrogens is 1. The summed E-state index contributed by atoms with van der Waals surface area (Å²) in [5.41, 5.74) is 1.48. The summed E-state index contributed by atoms with van der Waals surface area (Å²) in [6, 6.07) is 11.8. The van der Waals surface area contributed by atoms with Gasteiger partial charge in [0.1, 0.15) is 18.1 Å². The SMILES string of the molecule is CCC(NCCOc1cc2nccc(Oc3ccc(NC(=O)NCCC(C)(C)C)cc3)c2cc1OC)C(O)O. The summed E-state index contributed by atoms with van der Waals surface area (Å²) in [4.78, 5) is 16.6. The minimum Gasteiger partial charge on any atom is -0.493 e. The summed E-state index contributed by atoms with van der Waals surface area (Å²) in [7, 11) is 1.56. The maximum atomic E-state index is 12.2. The van der Waals surface area contributed by atoms with Crippen molar-refractivity contribution < 1.29 is 29.2 Å². The number of hydrogen-bond acceptors (Lipinski definition) is 8. The van der Waals surface area contributed by atoms with Crippen molar-refractivity contribution in [1.82, 2.24) is 15.6 Å². The maximum absolute atomic E-state index is 12.2. The highest BCUT2D eigenvalue weighted by atomic mass is 16.5. The van der Waals surface area contributed by atoms with Crippen molar-refractivity contribution in [3.8, 4) is 23.0 Å². The molecule has 0 radical (unpaired) electrons. The van der Waals surface area contributed by atoms with E-state index in [2.05, 4.69) is 41.7 Å². The van der Waals surface area contributed by atoms with E-state index in [4.69, 9.17) is 14.2 Å². The van der Waals surface area contributed by atoms with Gasteiger partial charge >= 0.3 is 6.03 Å². The van der Waals surface area contributed by atoms with Crippen molar-refractivity contribution in [1.29, 1.82) is 0 Å². The minimum atomic E-state index is -1.43. The van der Waals surface area contributed by atoms with Crippen LogP contribution in [0, 0.1) is 5.41 Å². The normalized spacial score (nSPS) is 12.3. The minimum absolute atomic E-state index is 0.157. The lowest BCUT2D eigenvalue weighted by Crippen LogP contribution is -2.41. The first-order valence-corrected chi connectivity index (χ1v) is 13.1. The number of benzene rings is 2. The molecular weight excluding hydrogens is 500 g/mol. The average Bonchev–Trinajstić information content (AvgIpc) is 2.88. The van der Waals surface area contributed by atoms with Crippen LogP contribution < -0.4 is 30.2 Å². The summed E-state index contributed by atoms with van der Waals surface area (Å²) < 4.78 is 17.6. The fourth-order valence-corrected chi connectivity index (χ4v) is 3.82. The van der Waals surface area contributed by atoms with Crippen LogP contribution in [0.2, 0.25) is 0 Å². The summed E-state index contributed by atoms with van der Waals surface area (Å²) in [6.07, 6.45) is 1.69. The van der Waals surface area contributed by atoms with Gasteiger partial charge in [-0.25, -0.2) is 4.79 Å². The van der Waals surface area contributed by atoms with Crippen LogP contribution in [0.3, 0.4) is 0 Å². The zero-order chi connectivity index (χ0) is 28.4. The van der Waals surface area contributed by atoms with E-state index >= 15 is 0 Å². The molecule has 0 aliphatic heterocycles. The van der Waals surface area contributed by atoms with Gasteiger partial charge < -0.3 is 40.4 Å². The van der Waals surface area contributed by atoms with Gasteiger partial charge in [0, 0.05) is 36.4 Å². The number of ether oxygens (including phenoxy) is 3. The molecule has 1 unspecified atom stereocenters. The number of carbonyl (C=O) groups is 1. The lowest BCUT2D eigenvalue weighted by molar-refractivity contribution is -0.0679. The summed E-state index contributed by atoms with van der Waals surface area (Å²) in [5, 5.41) is 28.2. The van der Waals surface area contributed by atoms with E-state index in [1.165, 1.54) is 0 Å². The van der Waals surface area contributed by atoms with Crippen LogP contribution in [0.1, 0.15) is 40.5 Å². The Morgan fingerprint density at radius 1 is 1.03 bits per heavy atom. The molecular formula is C29H40N4O6. The standard InChI is InChI=1S/C29H40N4O6/c1-6-22(27(34)35)31-15-16-38-26-18-23-21(17-25(26)37-5)24(11-13-30-23)39-20-9-7-19(8-10-20)33-28(36)32-14-12-29(2,3)4/h7-11,13,17-18,22,27,31,34-35H,6,12,14-16H2,1-5H3,(H2,32,33,36). The molecule has 10 nitrogen and oxygen atoms in total. The molecule has 2 amide bonds. The van der Waals surface area contributed by atoms with Crippen LogP contribution in [0.25, 0.3) is 10.9 Å². The third kappa shape index (κ3) is 9.27. The zero-order valence-electron chi connectivity index (χ0n) is 23.3. The molecule has 0 saturated carbocycles. The number of carbonyl (C=O) groups excluding carboxylic acids is 1. The number of rotatable bonds is 13. The van der Waals surface area contributed by atoms with Gasteiger partial charge in [-0.05, 0) is 54.7 Å². The largest absolute Gasteiger partial charge is 0.493 e. The predicted molar refractivity (Wildman–Crippen MR) is 152 cm³/mol. The van der Waals surface area contributed by atoms with Crippen molar-refractivity contribution in [2.45, 2.75) is 52.9 Å². The van der Waals surface area contributed by atoms with Crippen molar-refractivity contribution >= 4 is 22.6 Å². The van der Waals surface area contributed by atoms with E-state index in [0.29, 0.717) is 60.3 Å². The van der Waals surface area contributed by atoms with E-state index in [0.717, 1.165) is 11.8 Å². The number of pyridine rings is 1. The van der Waals surface area contributed by atoms with Crippen LogP contribution in [0.5, 0.6) is 23.0 Å². The third-order valence-corrected chi connectivity index (χ3v) is 6.05. The molecule has 39 heavy (non-hydrogen) atoms. The molecule has 212 valence electrons. The molecule has 0 aliphatic rings. The molecule has 2 aromatic carbocycles. The van der Waals surface area contributed by atoms with E-state index < -0.39 is 12.3 Å². The number of amides is 2. The number of nitrogens with one attached hydrogen (secondary N) is 3. The zero-order valence-corrected chi connectivity index (χ0v) is 23.3. The molecule has 0 fully saturated rings. The highest BCUT2D eigenvalue weighted by Gasteiger charge is 2.15. The number of urea groups is 1. The number of aliphatic hydroxyl groups excluding tert-OH is 1. The van der Waals surface area contributed by atoms with Crippen LogP contribution in [-0.4, -0.2) is 60.4 Å². The van der Waals surface area contributed by atoms with E-state index in [9.17, 15) is 15.0 Å². The summed E-state index contributed by atoms with van der Waals surface area (Å²) >= 11 is 0. The Bertz CT molecular complexity index is 1210. The van der Waals surface area contributed by atoms with Gasteiger partial charge in [0.05, 0.1) is 18.7 Å². The molecule has 1 heterocycles. The Balaban J connectivity index is 1.64. The summed E-state index contributed by atoms with van der Waals surface area (Å²) in [5.74, 6) is 2.23. The number of methoxy groups -OCH3 is 1.